The molecule has 0 amide bonds. The van der Waals surface area contributed by atoms with E-state index in [1.165, 1.54) is 0 Å². The third-order valence-electron chi connectivity index (χ3n) is 0. The van der Waals surface area contributed by atoms with Gasteiger partial charge >= 0.3 is 37.7 Å². The van der Waals surface area contributed by atoms with Crippen molar-refractivity contribution in [2.24, 2.45) is 0 Å². The van der Waals surface area contributed by atoms with Crippen molar-refractivity contribution in [1.29, 1.82) is 0 Å². The Labute approximate surface area is 97.5 Å². The maximum atomic E-state index is 0. The Hall–Kier alpha value is 3.27. The molecule has 0 fully saturated rings. The molecule has 0 bridgehead atoms. The zero-order valence-electron chi connectivity index (χ0n) is 1.45. The van der Waals surface area contributed by atoms with Gasteiger partial charge in [-0.3, -0.25) is 0 Å². The smallest absolute Gasteiger partial charge is 0 e. The van der Waals surface area contributed by atoms with Gasteiger partial charge in [0, 0.05) is 62.0 Å². The standard InChI is InChI=1S/Ca.2Ti.V.2H. The average molecular weight is 189 g/mol. The van der Waals surface area contributed by atoms with Gasteiger partial charge < -0.3 is 0 Å². The molecule has 0 nitrogen and oxygen atoms in total. The molecular formula is H2CaTi2V. The van der Waals surface area contributed by atoms with Gasteiger partial charge in [0.15, 0.2) is 0 Å². The van der Waals surface area contributed by atoms with Gasteiger partial charge in [-0.2, -0.15) is 0 Å². The molecule has 0 aliphatic heterocycles. The van der Waals surface area contributed by atoms with Gasteiger partial charge in [-0.25, -0.2) is 0 Å². The summed E-state index contributed by atoms with van der Waals surface area (Å²) in [5.41, 5.74) is 0. The molecule has 0 atom stereocenters. The van der Waals surface area contributed by atoms with Crippen molar-refractivity contribution in [1.82, 2.24) is 0 Å². The normalized spacial score (nSPS) is 0. The molecule has 0 aromatic rings. The Morgan fingerprint density at radius 2 is 0.750 bits per heavy atom. The van der Waals surface area contributed by atoms with Crippen LogP contribution >= 0.6 is 0 Å². The van der Waals surface area contributed by atoms with Crippen LogP contribution in [0.25, 0.3) is 0 Å². The molecule has 0 N–H and O–H groups in total. The van der Waals surface area contributed by atoms with E-state index >= 15 is 0 Å². The molecule has 0 saturated carbocycles. The first-order chi connectivity index (χ1) is 0. The van der Waals surface area contributed by atoms with Crippen LogP contribution in [0.4, 0.5) is 0 Å². The van der Waals surface area contributed by atoms with Crippen molar-refractivity contribution < 1.29 is 62.0 Å². The van der Waals surface area contributed by atoms with E-state index in [9.17, 15) is 0 Å². The largest absolute Gasteiger partial charge is 0 e. The van der Waals surface area contributed by atoms with Crippen molar-refractivity contribution in [2.45, 2.75) is 0 Å². The van der Waals surface area contributed by atoms with E-state index in [-0.39, 0.29) is 99.7 Å². The summed E-state index contributed by atoms with van der Waals surface area (Å²) in [4.78, 5) is 0. The van der Waals surface area contributed by atoms with Crippen LogP contribution in [0.5, 0.6) is 0 Å². The summed E-state index contributed by atoms with van der Waals surface area (Å²) in [6, 6.07) is 0. The Kier molecular flexibility index (Phi) is 109. The molecule has 0 heterocycles. The second kappa shape index (κ2) is 16.3. The van der Waals surface area contributed by atoms with E-state index in [0.29, 0.717) is 0 Å². The minimum absolute atomic E-state index is 0. The first kappa shape index (κ1) is 26.7. The summed E-state index contributed by atoms with van der Waals surface area (Å²) >= 11 is 0. The van der Waals surface area contributed by atoms with Crippen LogP contribution in [-0.2, 0) is 62.0 Å². The van der Waals surface area contributed by atoms with Gasteiger partial charge in [0.25, 0.3) is 0 Å². The minimum atomic E-state index is 0. The fraction of sp³-hybridized carbons (Fsp3) is 0. The van der Waals surface area contributed by atoms with Gasteiger partial charge in [-0.15, -0.1) is 0 Å². The minimum Gasteiger partial charge on any atom is 0 e. The molecule has 4 heavy (non-hydrogen) atoms. The molecule has 0 saturated heterocycles. The summed E-state index contributed by atoms with van der Waals surface area (Å²) in [7, 11) is 0. The fourth-order valence-electron chi connectivity index (χ4n) is 0. The Bertz CT molecular complexity index is 6.00. The predicted molar refractivity (Wildman–Crippen MR) is 8.54 cm³/mol. The summed E-state index contributed by atoms with van der Waals surface area (Å²) in [5.74, 6) is 0. The second-order valence-electron chi connectivity index (χ2n) is 0. The van der Waals surface area contributed by atoms with Crippen molar-refractivity contribution in [3.8, 4) is 0 Å². The molecule has 0 aromatic heterocycles. The van der Waals surface area contributed by atoms with Gasteiger partial charge in [-0.1, -0.05) is 0 Å². The maximum absolute atomic E-state index is 0. The van der Waals surface area contributed by atoms with Crippen LogP contribution in [0.15, 0.2) is 0 Å². The van der Waals surface area contributed by atoms with Crippen LogP contribution in [-0.4, -0.2) is 37.7 Å². The van der Waals surface area contributed by atoms with Crippen LogP contribution in [0.2, 0.25) is 0 Å². The Morgan fingerprint density at radius 1 is 0.750 bits per heavy atom. The fourth-order valence-corrected chi connectivity index (χ4v) is 0. The SMILES string of the molecule is [CaH2].[Ti].[Ti].[V]. The van der Waals surface area contributed by atoms with Crippen LogP contribution < -0.4 is 0 Å². The van der Waals surface area contributed by atoms with E-state index in [2.05, 4.69) is 0 Å². The molecule has 0 aromatic carbocycles. The third kappa shape index (κ3) is 8.99. The average Bonchev–Trinajstić information content (AvgIpc) is 0. The molecule has 0 unspecified atom stereocenters. The van der Waals surface area contributed by atoms with Crippen molar-refractivity contribution in [3.63, 3.8) is 0 Å². The van der Waals surface area contributed by atoms with Gasteiger partial charge in [0.2, 0.25) is 0 Å². The summed E-state index contributed by atoms with van der Waals surface area (Å²) < 4.78 is 0. The molecule has 1 radical (unpaired) electrons. The molecule has 0 aliphatic rings. The quantitative estimate of drug-likeness (QED) is 0.432. The van der Waals surface area contributed by atoms with Gasteiger partial charge in [0.1, 0.15) is 0 Å². The van der Waals surface area contributed by atoms with E-state index in [1.54, 1.807) is 0 Å². The zero-order valence-corrected chi connectivity index (χ0v) is 5.97. The molecule has 0 aliphatic carbocycles. The third-order valence-corrected chi connectivity index (χ3v) is 0. The number of hydrogen-bond donors (Lipinski definition) is 0. The van der Waals surface area contributed by atoms with Crippen molar-refractivity contribution in [2.75, 3.05) is 0 Å². The van der Waals surface area contributed by atoms with Crippen LogP contribution in [0.1, 0.15) is 0 Å². The predicted octanol–water partition coefficient (Wildman–Crippen LogP) is -0.924. The van der Waals surface area contributed by atoms with E-state index < -0.39 is 0 Å². The number of hydrogen-bond acceptors (Lipinski definition) is 0. The maximum Gasteiger partial charge on any atom is 0 e. The topological polar surface area (TPSA) is 0 Å². The van der Waals surface area contributed by atoms with Crippen LogP contribution in [0, 0.1) is 0 Å². The summed E-state index contributed by atoms with van der Waals surface area (Å²) in [5, 5.41) is 0. The molecule has 17 valence electrons. The Morgan fingerprint density at radius 3 is 0.750 bits per heavy atom. The number of rotatable bonds is 0. The molecule has 4 heteroatoms. The van der Waals surface area contributed by atoms with E-state index in [1.807, 2.05) is 0 Å². The van der Waals surface area contributed by atoms with Gasteiger partial charge in [0.05, 0.1) is 0 Å². The van der Waals surface area contributed by atoms with E-state index in [0.717, 1.165) is 0 Å². The molecular weight excluding hydrogens is 187 g/mol. The Balaban J connectivity index is 0. The first-order valence-corrected chi connectivity index (χ1v) is 0. The zero-order chi connectivity index (χ0) is 0. The molecule has 0 spiro atoms. The van der Waals surface area contributed by atoms with Crippen LogP contribution in [0.3, 0.4) is 0 Å². The summed E-state index contributed by atoms with van der Waals surface area (Å²) in [6.07, 6.45) is 0. The van der Waals surface area contributed by atoms with Gasteiger partial charge in [-0.05, 0) is 0 Å². The van der Waals surface area contributed by atoms with Crippen molar-refractivity contribution >= 4 is 37.7 Å². The molecule has 0 rings (SSSR count). The second-order valence-corrected chi connectivity index (χ2v) is 0. The monoisotopic (exact) mass is 189 g/mol. The first-order valence-electron chi connectivity index (χ1n) is 0. The van der Waals surface area contributed by atoms with Crippen molar-refractivity contribution in [3.05, 3.63) is 0 Å². The van der Waals surface area contributed by atoms with E-state index in [4.69, 9.17) is 0 Å². The summed E-state index contributed by atoms with van der Waals surface area (Å²) in [6.45, 7) is 0.